The second-order valence-corrected chi connectivity index (χ2v) is 9.24. The first-order valence-electron chi connectivity index (χ1n) is 3.37. The zero-order chi connectivity index (χ0) is 8.36. The average molecular weight is 160 g/mol. The predicted octanol–water partition coefficient (Wildman–Crippen LogP) is 1.19. The van der Waals surface area contributed by atoms with Gasteiger partial charge < -0.3 is 10.2 Å². The molecule has 0 saturated heterocycles. The molecule has 0 radical (unpaired) electrons. The summed E-state index contributed by atoms with van der Waals surface area (Å²) < 4.78 is 0. The van der Waals surface area contributed by atoms with Crippen molar-refractivity contribution in [1.29, 1.82) is 0 Å². The van der Waals surface area contributed by atoms with Gasteiger partial charge in [-0.1, -0.05) is 26.2 Å². The van der Waals surface area contributed by atoms with Crippen molar-refractivity contribution in [3.05, 3.63) is 12.2 Å². The Balaban J connectivity index is 3.81. The van der Waals surface area contributed by atoms with Crippen molar-refractivity contribution in [2.45, 2.75) is 32.0 Å². The maximum absolute atomic E-state index is 8.66. The van der Waals surface area contributed by atoms with Gasteiger partial charge in [0.05, 0.1) is 0 Å². The van der Waals surface area contributed by atoms with Gasteiger partial charge in [-0.2, -0.15) is 0 Å². The molecule has 0 rings (SSSR count). The molecule has 2 nitrogen and oxygen atoms in total. The van der Waals surface area contributed by atoms with Crippen LogP contribution in [0.1, 0.15) is 0 Å². The third kappa shape index (κ3) is 4.73. The first kappa shape index (κ1) is 9.88. The van der Waals surface area contributed by atoms with E-state index in [9.17, 15) is 0 Å². The highest BCUT2D eigenvalue weighted by Gasteiger charge is 2.17. The number of hydrogen-bond acceptors (Lipinski definition) is 2. The van der Waals surface area contributed by atoms with E-state index < -0.39 is 14.4 Å². The summed E-state index contributed by atoms with van der Waals surface area (Å²) in [5.74, 6) is 0. The Labute approximate surface area is 63.2 Å². The van der Waals surface area contributed by atoms with E-state index in [0.717, 1.165) is 6.04 Å². The second-order valence-electron chi connectivity index (χ2n) is 3.77. The summed E-state index contributed by atoms with van der Waals surface area (Å²) in [4.78, 5) is 0. The van der Waals surface area contributed by atoms with Gasteiger partial charge in [-0.25, -0.2) is 0 Å². The molecular formula is C7H16O2Si. The van der Waals surface area contributed by atoms with Crippen LogP contribution in [0.25, 0.3) is 0 Å². The Morgan fingerprint density at radius 2 is 1.80 bits per heavy atom. The van der Waals surface area contributed by atoms with Gasteiger partial charge in [-0.05, 0) is 11.6 Å². The molecular weight excluding hydrogens is 144 g/mol. The topological polar surface area (TPSA) is 40.5 Å². The van der Waals surface area contributed by atoms with Crippen LogP contribution in [0.15, 0.2) is 12.2 Å². The van der Waals surface area contributed by atoms with Gasteiger partial charge >= 0.3 is 0 Å². The molecule has 0 aliphatic rings. The van der Waals surface area contributed by atoms with Crippen molar-refractivity contribution >= 4 is 8.07 Å². The van der Waals surface area contributed by atoms with E-state index in [-0.39, 0.29) is 0 Å². The van der Waals surface area contributed by atoms with Crippen molar-refractivity contribution in [2.24, 2.45) is 0 Å². The third-order valence-electron chi connectivity index (χ3n) is 1.12. The van der Waals surface area contributed by atoms with E-state index in [2.05, 4.69) is 26.2 Å². The molecule has 0 amide bonds. The largest absolute Gasteiger partial charge is 0.365 e. The van der Waals surface area contributed by atoms with Crippen LogP contribution in [0.3, 0.4) is 0 Å². The Morgan fingerprint density at radius 1 is 1.40 bits per heavy atom. The van der Waals surface area contributed by atoms with Crippen LogP contribution in [0.5, 0.6) is 0 Å². The lowest BCUT2D eigenvalue weighted by atomic mass is 10.3. The summed E-state index contributed by atoms with van der Waals surface area (Å²) in [6.45, 7) is 10.1. The molecule has 0 spiro atoms. The molecule has 0 bridgehead atoms. The minimum absolute atomic E-state index is 0.541. The Kier molecular flexibility index (Phi) is 3.28. The summed E-state index contributed by atoms with van der Waals surface area (Å²) in [7, 11) is -1.20. The van der Waals surface area contributed by atoms with Gasteiger partial charge in [0.25, 0.3) is 0 Å². The van der Waals surface area contributed by atoms with E-state index in [4.69, 9.17) is 10.2 Å². The van der Waals surface area contributed by atoms with Crippen molar-refractivity contribution in [3.63, 3.8) is 0 Å². The molecule has 10 heavy (non-hydrogen) atoms. The predicted molar refractivity (Wildman–Crippen MR) is 45.5 cm³/mol. The van der Waals surface area contributed by atoms with E-state index in [1.165, 1.54) is 0 Å². The highest BCUT2D eigenvalue weighted by Crippen LogP contribution is 2.15. The van der Waals surface area contributed by atoms with Gasteiger partial charge in [0.1, 0.15) is 0 Å². The van der Waals surface area contributed by atoms with E-state index in [1.54, 1.807) is 0 Å². The Morgan fingerprint density at radius 3 is 1.90 bits per heavy atom. The summed E-state index contributed by atoms with van der Waals surface area (Å²) in [6, 6.07) is 0.782. The normalized spacial score (nSPS) is 12.2. The van der Waals surface area contributed by atoms with E-state index >= 15 is 0 Å². The summed E-state index contributed by atoms with van der Waals surface area (Å²) >= 11 is 0. The molecule has 0 aromatic heterocycles. The number of hydrogen-bond donors (Lipinski definition) is 2. The second kappa shape index (κ2) is 3.32. The highest BCUT2D eigenvalue weighted by molar-refractivity contribution is 6.76. The van der Waals surface area contributed by atoms with Gasteiger partial charge in [0.15, 0.2) is 6.29 Å². The molecule has 0 aromatic carbocycles. The minimum Gasteiger partial charge on any atom is -0.365 e. The zero-order valence-electron chi connectivity index (χ0n) is 6.89. The first-order valence-corrected chi connectivity index (χ1v) is 7.07. The lowest BCUT2D eigenvalue weighted by Gasteiger charge is -2.18. The Bertz CT molecular complexity index is 124. The number of aliphatic hydroxyl groups excluding tert-OH is 1. The quantitative estimate of drug-likeness (QED) is 0.370. The van der Waals surface area contributed by atoms with Crippen LogP contribution >= 0.6 is 0 Å². The lowest BCUT2D eigenvalue weighted by Crippen LogP contribution is -2.23. The van der Waals surface area contributed by atoms with Crippen LogP contribution in [0.4, 0.5) is 0 Å². The maximum atomic E-state index is 8.66. The van der Waals surface area contributed by atoms with Crippen LogP contribution in [-0.2, 0) is 0 Å². The van der Waals surface area contributed by atoms with Crippen molar-refractivity contribution in [2.75, 3.05) is 0 Å². The molecule has 60 valence electrons. The van der Waals surface area contributed by atoms with Crippen molar-refractivity contribution in [1.82, 2.24) is 0 Å². The average Bonchev–Trinajstić information content (AvgIpc) is 1.60. The minimum atomic E-state index is -1.33. The molecule has 2 N–H and O–H groups in total. The van der Waals surface area contributed by atoms with Crippen molar-refractivity contribution < 1.29 is 10.2 Å². The monoisotopic (exact) mass is 160 g/mol. The van der Waals surface area contributed by atoms with Gasteiger partial charge in [0, 0.05) is 8.07 Å². The third-order valence-corrected chi connectivity index (χ3v) is 2.64. The SMILES string of the molecule is C=C(C[Si](C)(C)C)C(O)O. The fraction of sp³-hybridized carbons (Fsp3) is 0.714. The fourth-order valence-corrected chi connectivity index (χ4v) is 2.32. The van der Waals surface area contributed by atoms with Gasteiger partial charge in [-0.3, -0.25) is 0 Å². The van der Waals surface area contributed by atoms with E-state index in [0.29, 0.717) is 5.57 Å². The highest BCUT2D eigenvalue weighted by atomic mass is 28.3. The zero-order valence-corrected chi connectivity index (χ0v) is 7.89. The van der Waals surface area contributed by atoms with Gasteiger partial charge in [0.2, 0.25) is 0 Å². The molecule has 0 saturated carbocycles. The van der Waals surface area contributed by atoms with Crippen LogP contribution in [-0.4, -0.2) is 24.6 Å². The van der Waals surface area contributed by atoms with Crippen LogP contribution in [0, 0.1) is 0 Å². The molecule has 0 heterocycles. The molecule has 0 fully saturated rings. The molecule has 0 unspecified atom stereocenters. The number of rotatable bonds is 3. The summed E-state index contributed by atoms with van der Waals surface area (Å²) in [5.41, 5.74) is 0.541. The molecule has 0 aliphatic carbocycles. The first-order chi connectivity index (χ1) is 4.33. The molecule has 0 aliphatic heterocycles. The molecule has 0 atom stereocenters. The molecule has 3 heteroatoms. The molecule has 0 aromatic rings. The van der Waals surface area contributed by atoms with Gasteiger partial charge in [-0.15, -0.1) is 0 Å². The maximum Gasteiger partial charge on any atom is 0.173 e. The number of aliphatic hydroxyl groups is 2. The van der Waals surface area contributed by atoms with Crippen molar-refractivity contribution in [3.8, 4) is 0 Å². The standard InChI is InChI=1S/C7H16O2Si/c1-6(7(8)9)5-10(2,3)4/h7-9H,1,5H2,2-4H3. The smallest absolute Gasteiger partial charge is 0.173 e. The Hall–Kier alpha value is -0.123. The summed E-state index contributed by atoms with van der Waals surface area (Å²) in [5, 5.41) is 17.3. The lowest BCUT2D eigenvalue weighted by molar-refractivity contribution is -0.00736. The van der Waals surface area contributed by atoms with Crippen LogP contribution < -0.4 is 0 Å². The van der Waals surface area contributed by atoms with E-state index in [1.807, 2.05) is 0 Å². The fourth-order valence-electron chi connectivity index (χ4n) is 0.772. The van der Waals surface area contributed by atoms with Crippen LogP contribution in [0.2, 0.25) is 25.7 Å². The summed E-state index contributed by atoms with van der Waals surface area (Å²) in [6.07, 6.45) is -1.33.